The number of aromatic nitrogens is 1. The van der Waals surface area contributed by atoms with Gasteiger partial charge in [0.2, 0.25) is 5.75 Å². The minimum Gasteiger partial charge on any atom is -0.501 e. The first-order valence-corrected chi connectivity index (χ1v) is 2.94. The maximum atomic E-state index is 10.2. The molecule has 12 heavy (non-hydrogen) atoms. The maximum Gasteiger partial charge on any atom is 0.314 e. The standard InChI is InChI=1S/C6H4N2O4/c9-3-4-6(10)5(8(11)12)1-2-7-4/h1-3,10H. The number of aromatic hydroxyl groups is 1. The summed E-state index contributed by atoms with van der Waals surface area (Å²) >= 11 is 0. The molecule has 1 aromatic rings. The van der Waals surface area contributed by atoms with E-state index in [1.54, 1.807) is 0 Å². The predicted octanol–water partition coefficient (Wildman–Crippen LogP) is 0.508. The zero-order chi connectivity index (χ0) is 9.14. The van der Waals surface area contributed by atoms with Gasteiger partial charge in [-0.05, 0) is 0 Å². The van der Waals surface area contributed by atoms with Gasteiger partial charge >= 0.3 is 5.69 Å². The molecule has 0 aliphatic rings. The van der Waals surface area contributed by atoms with Crippen molar-refractivity contribution in [2.24, 2.45) is 0 Å². The molecule has 0 aliphatic heterocycles. The van der Waals surface area contributed by atoms with Crippen LogP contribution in [-0.4, -0.2) is 21.3 Å². The van der Waals surface area contributed by atoms with Crippen LogP contribution in [-0.2, 0) is 0 Å². The highest BCUT2D eigenvalue weighted by atomic mass is 16.6. The Labute approximate surface area is 66.6 Å². The third-order valence-electron chi connectivity index (χ3n) is 1.24. The number of nitrogens with zero attached hydrogens (tertiary/aromatic N) is 2. The second-order valence-electron chi connectivity index (χ2n) is 1.94. The summed E-state index contributed by atoms with van der Waals surface area (Å²) in [6, 6.07) is 1.02. The van der Waals surface area contributed by atoms with E-state index in [-0.39, 0.29) is 12.0 Å². The number of rotatable bonds is 2. The van der Waals surface area contributed by atoms with Gasteiger partial charge in [-0.1, -0.05) is 0 Å². The maximum absolute atomic E-state index is 10.2. The highest BCUT2D eigenvalue weighted by Gasteiger charge is 2.16. The van der Waals surface area contributed by atoms with Gasteiger partial charge in [0.05, 0.1) is 4.92 Å². The van der Waals surface area contributed by atoms with Gasteiger partial charge in [0.1, 0.15) is 0 Å². The topological polar surface area (TPSA) is 93.3 Å². The third-order valence-corrected chi connectivity index (χ3v) is 1.24. The Hall–Kier alpha value is -1.98. The van der Waals surface area contributed by atoms with Gasteiger partial charge in [0, 0.05) is 12.3 Å². The van der Waals surface area contributed by atoms with Crippen LogP contribution in [0.5, 0.6) is 5.75 Å². The van der Waals surface area contributed by atoms with Crippen LogP contribution in [0.15, 0.2) is 12.3 Å². The second kappa shape index (κ2) is 2.95. The van der Waals surface area contributed by atoms with Gasteiger partial charge in [-0.2, -0.15) is 0 Å². The predicted molar refractivity (Wildman–Crippen MR) is 37.9 cm³/mol. The van der Waals surface area contributed by atoms with Gasteiger partial charge in [-0.15, -0.1) is 0 Å². The van der Waals surface area contributed by atoms with Gasteiger partial charge in [-0.3, -0.25) is 14.9 Å². The Bertz CT molecular complexity index is 336. The number of hydrogen-bond donors (Lipinski definition) is 1. The molecule has 6 heteroatoms. The van der Waals surface area contributed by atoms with E-state index in [0.29, 0.717) is 0 Å². The fraction of sp³-hybridized carbons (Fsp3) is 0. The molecule has 0 aliphatic carbocycles. The first-order valence-electron chi connectivity index (χ1n) is 2.94. The zero-order valence-corrected chi connectivity index (χ0v) is 5.80. The summed E-state index contributed by atoms with van der Waals surface area (Å²) in [6.45, 7) is 0. The highest BCUT2D eigenvalue weighted by molar-refractivity contribution is 5.78. The van der Waals surface area contributed by atoms with E-state index >= 15 is 0 Å². The minimum absolute atomic E-state index is 0.252. The summed E-state index contributed by atoms with van der Waals surface area (Å²) in [6.07, 6.45) is 1.34. The Morgan fingerprint density at radius 1 is 1.67 bits per heavy atom. The molecule has 0 bridgehead atoms. The van der Waals surface area contributed by atoms with E-state index in [9.17, 15) is 14.9 Å². The number of aldehydes is 1. The Kier molecular flexibility index (Phi) is 2.00. The number of carbonyl (C=O) groups is 1. The van der Waals surface area contributed by atoms with Crippen molar-refractivity contribution < 1.29 is 14.8 Å². The van der Waals surface area contributed by atoms with Gasteiger partial charge in [-0.25, -0.2) is 4.98 Å². The molecule has 0 atom stereocenters. The molecule has 62 valence electrons. The van der Waals surface area contributed by atoms with Gasteiger partial charge < -0.3 is 5.11 Å². The summed E-state index contributed by atoms with van der Waals surface area (Å²) in [5, 5.41) is 19.2. The fourth-order valence-corrected chi connectivity index (χ4v) is 0.693. The summed E-state index contributed by atoms with van der Waals surface area (Å²) < 4.78 is 0. The lowest BCUT2D eigenvalue weighted by molar-refractivity contribution is -0.386. The van der Waals surface area contributed by atoms with E-state index in [4.69, 9.17) is 5.11 Å². The van der Waals surface area contributed by atoms with Crippen molar-refractivity contribution in [1.29, 1.82) is 0 Å². The van der Waals surface area contributed by atoms with Crippen LogP contribution in [0.1, 0.15) is 10.5 Å². The van der Waals surface area contributed by atoms with Crippen molar-refractivity contribution in [3.05, 3.63) is 28.1 Å². The van der Waals surface area contributed by atoms with E-state index in [1.807, 2.05) is 0 Å². The normalized spacial score (nSPS) is 9.33. The summed E-state index contributed by atoms with van der Waals surface area (Å²) in [5.74, 6) is -0.697. The average Bonchev–Trinajstić information content (AvgIpc) is 2.04. The van der Waals surface area contributed by atoms with Crippen molar-refractivity contribution in [1.82, 2.24) is 4.98 Å². The molecule has 0 saturated carbocycles. The lowest BCUT2D eigenvalue weighted by Crippen LogP contribution is -1.93. The van der Waals surface area contributed by atoms with Crippen LogP contribution in [0.3, 0.4) is 0 Å². The van der Waals surface area contributed by atoms with Crippen LogP contribution >= 0.6 is 0 Å². The molecule has 0 aromatic carbocycles. The van der Waals surface area contributed by atoms with E-state index < -0.39 is 16.4 Å². The fourth-order valence-electron chi connectivity index (χ4n) is 0.693. The Balaban J connectivity index is 3.32. The molecular formula is C6H4N2O4. The molecule has 6 nitrogen and oxygen atoms in total. The molecule has 0 spiro atoms. The van der Waals surface area contributed by atoms with Gasteiger partial charge in [0.25, 0.3) is 0 Å². The third kappa shape index (κ3) is 1.22. The molecule has 0 saturated heterocycles. The Morgan fingerprint density at radius 2 is 2.33 bits per heavy atom. The average molecular weight is 168 g/mol. The lowest BCUT2D eigenvalue weighted by Gasteiger charge is -1.95. The molecule has 1 N–H and O–H groups in total. The molecule has 0 radical (unpaired) electrons. The number of carbonyl (C=O) groups excluding carboxylic acids is 1. The van der Waals surface area contributed by atoms with E-state index in [0.717, 1.165) is 12.3 Å². The summed E-state index contributed by atoms with van der Waals surface area (Å²) in [7, 11) is 0. The van der Waals surface area contributed by atoms with Crippen LogP contribution in [0.25, 0.3) is 0 Å². The monoisotopic (exact) mass is 168 g/mol. The summed E-state index contributed by atoms with van der Waals surface area (Å²) in [5.41, 5.74) is -0.851. The summed E-state index contributed by atoms with van der Waals surface area (Å²) in [4.78, 5) is 23.0. The lowest BCUT2D eigenvalue weighted by atomic mass is 10.3. The quantitative estimate of drug-likeness (QED) is 0.394. The smallest absolute Gasteiger partial charge is 0.314 e. The first-order chi connectivity index (χ1) is 5.66. The second-order valence-corrected chi connectivity index (χ2v) is 1.94. The number of nitro groups is 1. The molecule has 1 rings (SSSR count). The molecule has 0 amide bonds. The van der Waals surface area contributed by atoms with Crippen molar-refractivity contribution in [3.63, 3.8) is 0 Å². The largest absolute Gasteiger partial charge is 0.501 e. The minimum atomic E-state index is -0.788. The van der Waals surface area contributed by atoms with Crippen molar-refractivity contribution in [2.45, 2.75) is 0 Å². The molecule has 1 aromatic heterocycles. The highest BCUT2D eigenvalue weighted by Crippen LogP contribution is 2.25. The molecule has 0 fully saturated rings. The zero-order valence-electron chi connectivity index (χ0n) is 5.80. The number of hydrogen-bond acceptors (Lipinski definition) is 5. The number of pyridine rings is 1. The molecular weight excluding hydrogens is 164 g/mol. The van der Waals surface area contributed by atoms with Crippen LogP contribution in [0.4, 0.5) is 5.69 Å². The van der Waals surface area contributed by atoms with Crippen LogP contribution in [0.2, 0.25) is 0 Å². The van der Waals surface area contributed by atoms with Crippen LogP contribution in [0, 0.1) is 10.1 Å². The van der Waals surface area contributed by atoms with Crippen molar-refractivity contribution in [3.8, 4) is 5.75 Å². The van der Waals surface area contributed by atoms with Crippen molar-refractivity contribution >= 4 is 12.0 Å². The molecule has 0 unspecified atom stereocenters. The van der Waals surface area contributed by atoms with Gasteiger partial charge in [0.15, 0.2) is 12.0 Å². The Morgan fingerprint density at radius 3 is 2.83 bits per heavy atom. The van der Waals surface area contributed by atoms with Crippen molar-refractivity contribution in [2.75, 3.05) is 0 Å². The van der Waals surface area contributed by atoms with E-state index in [1.165, 1.54) is 0 Å². The van der Waals surface area contributed by atoms with E-state index in [2.05, 4.69) is 4.98 Å². The molecule has 1 heterocycles. The van der Waals surface area contributed by atoms with Crippen LogP contribution < -0.4 is 0 Å². The first kappa shape index (κ1) is 8.12. The SMILES string of the molecule is O=Cc1nccc([N+](=O)[O-])c1O.